The van der Waals surface area contributed by atoms with Gasteiger partial charge < -0.3 is 14.5 Å². The van der Waals surface area contributed by atoms with Crippen molar-refractivity contribution in [2.45, 2.75) is 13.3 Å². The number of carbonyl (C=O) groups excluding carboxylic acids is 1. The van der Waals surface area contributed by atoms with Crippen LogP contribution in [0.3, 0.4) is 0 Å². The zero-order chi connectivity index (χ0) is 14.0. The number of carbonyl (C=O) groups is 1. The number of fused-ring (bicyclic) bond motifs is 1. The van der Waals surface area contributed by atoms with Gasteiger partial charge in [-0.2, -0.15) is 0 Å². The first-order chi connectivity index (χ1) is 8.99. The quantitative estimate of drug-likeness (QED) is 0.758. The second-order valence-corrected chi connectivity index (χ2v) is 6.15. The van der Waals surface area contributed by atoms with Crippen LogP contribution in [0.25, 0.3) is 0 Å². The van der Waals surface area contributed by atoms with Crippen LogP contribution in [0, 0.1) is 3.57 Å². The molecule has 1 aliphatic heterocycles. The maximum Gasteiger partial charge on any atom is 0.223 e. The van der Waals surface area contributed by atoms with Crippen LogP contribution in [-0.4, -0.2) is 44.6 Å². The minimum Gasteiger partial charge on any atom is -0.491 e. The lowest BCUT2D eigenvalue weighted by Crippen LogP contribution is -2.25. The van der Waals surface area contributed by atoms with Gasteiger partial charge in [0.15, 0.2) is 0 Å². The van der Waals surface area contributed by atoms with Gasteiger partial charge in [-0.25, -0.2) is 0 Å². The molecule has 1 aromatic rings. The molecule has 104 valence electrons. The molecule has 0 N–H and O–H groups in total. The maximum absolute atomic E-state index is 11.6. The Kier molecular flexibility index (Phi) is 4.67. The van der Waals surface area contributed by atoms with Crippen molar-refractivity contribution in [3.63, 3.8) is 0 Å². The van der Waals surface area contributed by atoms with Crippen LogP contribution < -0.4 is 9.64 Å². The fourth-order valence-corrected chi connectivity index (χ4v) is 2.85. The summed E-state index contributed by atoms with van der Waals surface area (Å²) >= 11 is 2.29. The third-order valence-electron chi connectivity index (χ3n) is 3.20. The van der Waals surface area contributed by atoms with E-state index in [9.17, 15) is 4.79 Å². The number of halogens is 1. The lowest BCUT2D eigenvalue weighted by molar-refractivity contribution is -0.116. The molecule has 1 aromatic carbocycles. The van der Waals surface area contributed by atoms with Gasteiger partial charge in [-0.15, -0.1) is 0 Å². The highest BCUT2D eigenvalue weighted by atomic mass is 127. The van der Waals surface area contributed by atoms with E-state index >= 15 is 0 Å². The van der Waals surface area contributed by atoms with Gasteiger partial charge in [-0.1, -0.05) is 0 Å². The van der Waals surface area contributed by atoms with Crippen molar-refractivity contribution in [3.8, 4) is 5.75 Å². The van der Waals surface area contributed by atoms with Gasteiger partial charge in [0.05, 0.1) is 9.26 Å². The molecule has 2 rings (SSSR count). The minimum absolute atomic E-state index is 0.0965. The number of anilines is 1. The molecule has 1 aliphatic rings. The van der Waals surface area contributed by atoms with Crippen molar-refractivity contribution in [3.05, 3.63) is 21.3 Å². The highest BCUT2D eigenvalue weighted by molar-refractivity contribution is 14.1. The standard InChI is InChI=1S/C14H19IN2O2/c1-10(18)17-5-4-11-8-12(15)14(9-13(11)17)19-7-6-16(2)3/h8-9H,4-7H2,1-3H3. The Morgan fingerprint density at radius 1 is 1.47 bits per heavy atom. The first-order valence-corrected chi connectivity index (χ1v) is 7.45. The van der Waals surface area contributed by atoms with E-state index in [1.54, 1.807) is 6.92 Å². The van der Waals surface area contributed by atoms with Gasteiger partial charge >= 0.3 is 0 Å². The summed E-state index contributed by atoms with van der Waals surface area (Å²) in [6.07, 6.45) is 0.933. The average molecular weight is 374 g/mol. The summed E-state index contributed by atoms with van der Waals surface area (Å²) in [6.45, 7) is 3.92. The monoisotopic (exact) mass is 374 g/mol. The number of nitrogens with zero attached hydrogens (tertiary/aromatic N) is 2. The van der Waals surface area contributed by atoms with E-state index in [2.05, 4.69) is 33.6 Å². The van der Waals surface area contributed by atoms with Gasteiger partial charge in [-0.05, 0) is 54.7 Å². The van der Waals surface area contributed by atoms with Crippen LogP contribution in [0.2, 0.25) is 0 Å². The largest absolute Gasteiger partial charge is 0.491 e. The van der Waals surface area contributed by atoms with Crippen molar-refractivity contribution >= 4 is 34.2 Å². The fraction of sp³-hybridized carbons (Fsp3) is 0.500. The number of likely N-dealkylation sites (N-methyl/N-ethyl adjacent to an activating group) is 1. The Morgan fingerprint density at radius 3 is 2.84 bits per heavy atom. The van der Waals surface area contributed by atoms with E-state index in [1.165, 1.54) is 5.56 Å². The van der Waals surface area contributed by atoms with E-state index in [0.29, 0.717) is 6.61 Å². The van der Waals surface area contributed by atoms with Crippen molar-refractivity contribution in [2.75, 3.05) is 38.7 Å². The maximum atomic E-state index is 11.6. The van der Waals surface area contributed by atoms with Gasteiger partial charge in [0, 0.05) is 26.1 Å². The summed E-state index contributed by atoms with van der Waals surface area (Å²) in [5, 5.41) is 0. The Bertz CT molecular complexity index is 489. The Hall–Kier alpha value is -0.820. The highest BCUT2D eigenvalue weighted by Gasteiger charge is 2.23. The molecule has 0 saturated heterocycles. The normalized spacial score (nSPS) is 13.8. The topological polar surface area (TPSA) is 32.8 Å². The molecule has 0 fully saturated rings. The average Bonchev–Trinajstić information content (AvgIpc) is 2.71. The molecule has 5 heteroatoms. The van der Waals surface area contributed by atoms with Gasteiger partial charge in [-0.3, -0.25) is 4.79 Å². The molecule has 0 bridgehead atoms. The number of amides is 1. The zero-order valence-corrected chi connectivity index (χ0v) is 13.7. The van der Waals surface area contributed by atoms with E-state index in [1.807, 2.05) is 25.1 Å². The number of benzene rings is 1. The van der Waals surface area contributed by atoms with E-state index in [-0.39, 0.29) is 5.91 Å². The van der Waals surface area contributed by atoms with Crippen LogP contribution in [0.1, 0.15) is 12.5 Å². The van der Waals surface area contributed by atoms with Crippen LogP contribution in [0.5, 0.6) is 5.75 Å². The SMILES string of the molecule is CC(=O)N1CCc2cc(I)c(OCCN(C)C)cc21. The zero-order valence-electron chi connectivity index (χ0n) is 11.6. The van der Waals surface area contributed by atoms with Crippen molar-refractivity contribution in [1.29, 1.82) is 0 Å². The van der Waals surface area contributed by atoms with Crippen LogP contribution in [0.4, 0.5) is 5.69 Å². The number of ether oxygens (including phenoxy) is 1. The first-order valence-electron chi connectivity index (χ1n) is 6.37. The molecular formula is C14H19IN2O2. The van der Waals surface area contributed by atoms with E-state index < -0.39 is 0 Å². The third-order valence-corrected chi connectivity index (χ3v) is 4.05. The molecule has 4 nitrogen and oxygen atoms in total. The van der Waals surface area contributed by atoms with Gasteiger partial charge in [0.2, 0.25) is 5.91 Å². The molecule has 0 spiro atoms. The predicted molar refractivity (Wildman–Crippen MR) is 84.9 cm³/mol. The van der Waals surface area contributed by atoms with Crippen molar-refractivity contribution in [1.82, 2.24) is 4.90 Å². The number of rotatable bonds is 4. The minimum atomic E-state index is 0.0965. The second-order valence-electron chi connectivity index (χ2n) is 4.98. The fourth-order valence-electron chi connectivity index (χ4n) is 2.16. The lowest BCUT2D eigenvalue weighted by Gasteiger charge is -2.17. The summed E-state index contributed by atoms with van der Waals surface area (Å²) < 4.78 is 6.93. The molecular weight excluding hydrogens is 355 g/mol. The van der Waals surface area contributed by atoms with Gasteiger partial charge in [0.25, 0.3) is 0 Å². The molecule has 0 aliphatic carbocycles. The molecule has 0 unspecified atom stereocenters. The smallest absolute Gasteiger partial charge is 0.223 e. The number of hydrogen-bond acceptors (Lipinski definition) is 3. The van der Waals surface area contributed by atoms with E-state index in [0.717, 1.165) is 34.5 Å². The third kappa shape index (κ3) is 3.39. The lowest BCUT2D eigenvalue weighted by atomic mass is 10.1. The summed E-state index contributed by atoms with van der Waals surface area (Å²) in [6, 6.07) is 4.13. The first kappa shape index (κ1) is 14.6. The van der Waals surface area contributed by atoms with Crippen LogP contribution in [0.15, 0.2) is 12.1 Å². The summed E-state index contributed by atoms with van der Waals surface area (Å²) in [7, 11) is 4.04. The second kappa shape index (κ2) is 6.09. The molecule has 19 heavy (non-hydrogen) atoms. The van der Waals surface area contributed by atoms with Crippen molar-refractivity contribution in [2.24, 2.45) is 0 Å². The molecule has 0 aromatic heterocycles. The molecule has 0 saturated carbocycles. The molecule has 0 atom stereocenters. The van der Waals surface area contributed by atoms with E-state index in [4.69, 9.17) is 4.74 Å². The Morgan fingerprint density at radius 2 is 2.21 bits per heavy atom. The van der Waals surface area contributed by atoms with Crippen molar-refractivity contribution < 1.29 is 9.53 Å². The van der Waals surface area contributed by atoms with Gasteiger partial charge in [0.1, 0.15) is 12.4 Å². The molecule has 1 heterocycles. The summed E-state index contributed by atoms with van der Waals surface area (Å²) in [5.41, 5.74) is 2.24. The molecule has 0 radical (unpaired) electrons. The van der Waals surface area contributed by atoms with Crippen LogP contribution in [-0.2, 0) is 11.2 Å². The molecule has 1 amide bonds. The highest BCUT2D eigenvalue weighted by Crippen LogP contribution is 2.35. The Labute approximate surface area is 127 Å². The Balaban J connectivity index is 2.17. The predicted octanol–water partition coefficient (Wildman–Crippen LogP) is 2.14. The summed E-state index contributed by atoms with van der Waals surface area (Å²) in [5.74, 6) is 0.966. The number of hydrogen-bond donors (Lipinski definition) is 0. The van der Waals surface area contributed by atoms with Crippen LogP contribution >= 0.6 is 22.6 Å². The summed E-state index contributed by atoms with van der Waals surface area (Å²) in [4.78, 5) is 15.5.